The third-order valence-corrected chi connectivity index (χ3v) is 7.06. The van der Waals surface area contributed by atoms with Gasteiger partial charge in [-0.25, -0.2) is 9.78 Å². The van der Waals surface area contributed by atoms with Crippen LogP contribution in [0, 0.1) is 0 Å². The van der Waals surface area contributed by atoms with Crippen molar-refractivity contribution in [1.82, 2.24) is 9.97 Å². The molecular formula is C24H30ClF3N6O. The van der Waals surface area contributed by atoms with E-state index in [9.17, 15) is 18.0 Å². The van der Waals surface area contributed by atoms with E-state index in [-0.39, 0.29) is 16.8 Å². The number of hydrogen-bond donors (Lipinski definition) is 2. The van der Waals surface area contributed by atoms with E-state index in [0.717, 1.165) is 48.2 Å². The van der Waals surface area contributed by atoms with Crippen LogP contribution >= 0.6 is 11.6 Å². The van der Waals surface area contributed by atoms with Gasteiger partial charge in [-0.3, -0.25) is 4.90 Å². The number of alkyl halides is 3. The number of fused-ring (bicyclic) bond motifs is 1. The molecule has 1 aromatic carbocycles. The molecule has 1 saturated carbocycles. The molecule has 190 valence electrons. The topological polar surface area (TPSA) is 87.4 Å². The second-order valence-corrected chi connectivity index (χ2v) is 9.80. The van der Waals surface area contributed by atoms with Crippen molar-refractivity contribution >= 4 is 35.1 Å². The van der Waals surface area contributed by atoms with Gasteiger partial charge < -0.3 is 16.0 Å². The number of urea groups is 1. The van der Waals surface area contributed by atoms with Gasteiger partial charge in [0.05, 0.1) is 22.0 Å². The highest BCUT2D eigenvalue weighted by Gasteiger charge is 2.39. The van der Waals surface area contributed by atoms with Crippen molar-refractivity contribution in [1.29, 1.82) is 0 Å². The molecule has 35 heavy (non-hydrogen) atoms. The average Bonchev–Trinajstić information content (AvgIpc) is 2.80. The van der Waals surface area contributed by atoms with Gasteiger partial charge in [0.2, 0.25) is 5.95 Å². The number of anilines is 3. The molecule has 0 atom stereocenters. The van der Waals surface area contributed by atoms with Gasteiger partial charge in [0.15, 0.2) is 0 Å². The summed E-state index contributed by atoms with van der Waals surface area (Å²) < 4.78 is 41.0. The number of aryl methyl sites for hydroxylation is 1. The number of benzene rings is 1. The van der Waals surface area contributed by atoms with Crippen LogP contribution in [-0.4, -0.2) is 42.2 Å². The van der Waals surface area contributed by atoms with E-state index in [1.807, 2.05) is 19.0 Å². The average molecular weight is 511 g/mol. The third-order valence-electron chi connectivity index (χ3n) is 6.75. The molecular weight excluding hydrogens is 481 g/mol. The molecule has 7 nitrogen and oxygen atoms in total. The molecule has 0 bridgehead atoms. The molecule has 1 heterocycles. The smallest absolute Gasteiger partial charge is 0.362 e. The molecule has 2 amide bonds. The predicted molar refractivity (Wildman–Crippen MR) is 131 cm³/mol. The molecule has 2 aromatic rings. The molecule has 2 aliphatic carbocycles. The normalized spacial score (nSPS) is 20.2. The van der Waals surface area contributed by atoms with Crippen LogP contribution in [0.5, 0.6) is 0 Å². The van der Waals surface area contributed by atoms with Crippen LogP contribution in [0.3, 0.4) is 0 Å². The lowest BCUT2D eigenvalue weighted by atomic mass is 9.89. The zero-order valence-electron chi connectivity index (χ0n) is 19.8. The Morgan fingerprint density at radius 1 is 1.11 bits per heavy atom. The fourth-order valence-electron chi connectivity index (χ4n) is 5.13. The van der Waals surface area contributed by atoms with Gasteiger partial charge >= 0.3 is 12.2 Å². The van der Waals surface area contributed by atoms with Gasteiger partial charge in [-0.1, -0.05) is 17.7 Å². The fraction of sp³-hybridized carbons (Fsp3) is 0.542. The Bertz CT molecular complexity index is 1090. The largest absolute Gasteiger partial charge is 0.418 e. The van der Waals surface area contributed by atoms with Crippen LogP contribution in [0.4, 0.5) is 35.4 Å². The predicted octanol–water partition coefficient (Wildman–Crippen LogP) is 5.40. The number of amides is 2. The van der Waals surface area contributed by atoms with Crippen LogP contribution in [0.25, 0.3) is 0 Å². The molecule has 0 aliphatic heterocycles. The van der Waals surface area contributed by atoms with Crippen molar-refractivity contribution in [2.45, 2.75) is 69.6 Å². The zero-order valence-corrected chi connectivity index (χ0v) is 20.6. The van der Waals surface area contributed by atoms with E-state index < -0.39 is 23.8 Å². The molecule has 3 N–H and O–H groups in total. The summed E-state index contributed by atoms with van der Waals surface area (Å²) >= 11 is 6.15. The quantitative estimate of drug-likeness (QED) is 0.562. The summed E-state index contributed by atoms with van der Waals surface area (Å²) in [5.41, 5.74) is 6.50. The van der Waals surface area contributed by atoms with Crippen molar-refractivity contribution in [2.24, 2.45) is 5.73 Å². The van der Waals surface area contributed by atoms with Crippen LogP contribution in [0.2, 0.25) is 5.02 Å². The van der Waals surface area contributed by atoms with Crippen LogP contribution in [0.1, 0.15) is 55.3 Å². The molecule has 0 radical (unpaired) electrons. The number of nitrogens with zero attached hydrogens (tertiary/aromatic N) is 4. The van der Waals surface area contributed by atoms with E-state index in [1.165, 1.54) is 17.7 Å². The number of carbonyl (C=O) groups is 1. The minimum absolute atomic E-state index is 0.0333. The first-order valence-corrected chi connectivity index (χ1v) is 12.2. The second kappa shape index (κ2) is 10.1. The van der Waals surface area contributed by atoms with E-state index in [1.54, 1.807) is 0 Å². The second-order valence-electron chi connectivity index (χ2n) is 9.39. The van der Waals surface area contributed by atoms with Crippen LogP contribution in [-0.2, 0) is 19.0 Å². The van der Waals surface area contributed by atoms with Crippen LogP contribution in [0.15, 0.2) is 18.2 Å². The number of aromatic nitrogens is 2. The number of carbonyl (C=O) groups excluding carboxylic acids is 1. The van der Waals surface area contributed by atoms with Crippen molar-refractivity contribution < 1.29 is 18.0 Å². The fourth-order valence-corrected chi connectivity index (χ4v) is 5.40. The molecule has 0 spiro atoms. The van der Waals surface area contributed by atoms with Gasteiger partial charge in [-0.15, -0.1) is 0 Å². The number of halogens is 4. The summed E-state index contributed by atoms with van der Waals surface area (Å²) in [5, 5.41) is 3.26. The minimum atomic E-state index is -4.67. The van der Waals surface area contributed by atoms with E-state index in [2.05, 4.69) is 5.32 Å². The highest BCUT2D eigenvalue weighted by Crippen LogP contribution is 2.43. The first-order chi connectivity index (χ1) is 16.6. The first-order valence-electron chi connectivity index (χ1n) is 11.8. The number of nitrogens with two attached hydrogens (primary N) is 1. The molecule has 0 unspecified atom stereocenters. The lowest BCUT2D eigenvalue weighted by Gasteiger charge is -2.37. The SMILES string of the molecule is CN(C)c1nc(NC2CCC(N(C(N)=O)c3c(Cl)cccc3C(F)(F)F)CC2)nc2c1CCCC2. The lowest BCUT2D eigenvalue weighted by molar-refractivity contribution is -0.137. The number of rotatable bonds is 5. The zero-order chi connectivity index (χ0) is 25.3. The monoisotopic (exact) mass is 510 g/mol. The summed E-state index contributed by atoms with van der Waals surface area (Å²) in [5.74, 6) is 1.49. The Kier molecular flexibility index (Phi) is 7.30. The molecule has 1 aromatic heterocycles. The minimum Gasteiger partial charge on any atom is -0.362 e. The molecule has 1 fully saturated rings. The molecule has 4 rings (SSSR count). The summed E-state index contributed by atoms with van der Waals surface area (Å²) in [4.78, 5) is 24.8. The van der Waals surface area contributed by atoms with Crippen molar-refractivity contribution in [3.63, 3.8) is 0 Å². The standard InChI is InChI=1S/C24H30ClF3N6O/c1-33(2)21-16-6-3-4-9-19(16)31-23(32-21)30-14-10-12-15(13-11-14)34(22(29)35)20-17(24(26,27)28)7-5-8-18(20)25/h5,7-8,14-15H,3-4,6,9-13H2,1-2H3,(H2,29,35)(H,30,31,32). The molecule has 0 saturated heterocycles. The Hall–Kier alpha value is -2.75. The highest BCUT2D eigenvalue weighted by atomic mass is 35.5. The van der Waals surface area contributed by atoms with Crippen molar-refractivity contribution in [3.8, 4) is 0 Å². The van der Waals surface area contributed by atoms with Gasteiger partial charge in [0.25, 0.3) is 0 Å². The summed E-state index contributed by atoms with van der Waals surface area (Å²) in [6.45, 7) is 0. The third kappa shape index (κ3) is 5.42. The van der Waals surface area contributed by atoms with Gasteiger partial charge in [0, 0.05) is 31.7 Å². The van der Waals surface area contributed by atoms with E-state index >= 15 is 0 Å². The van der Waals surface area contributed by atoms with E-state index in [4.69, 9.17) is 27.3 Å². The Labute approximate surface area is 207 Å². The maximum absolute atomic E-state index is 13.7. The number of hydrogen-bond acceptors (Lipinski definition) is 5. The number of para-hydroxylation sites is 1. The van der Waals surface area contributed by atoms with Crippen molar-refractivity contribution in [3.05, 3.63) is 40.0 Å². The van der Waals surface area contributed by atoms with E-state index in [0.29, 0.717) is 31.6 Å². The Morgan fingerprint density at radius 2 is 1.80 bits per heavy atom. The summed E-state index contributed by atoms with van der Waals surface area (Å²) in [6, 6.07) is 2.06. The number of primary amides is 1. The summed E-state index contributed by atoms with van der Waals surface area (Å²) in [6.07, 6.45) is 1.64. The Morgan fingerprint density at radius 3 is 2.43 bits per heavy atom. The van der Waals surface area contributed by atoms with Crippen molar-refractivity contribution in [2.75, 3.05) is 29.2 Å². The maximum Gasteiger partial charge on any atom is 0.418 e. The summed E-state index contributed by atoms with van der Waals surface area (Å²) in [7, 11) is 3.93. The van der Waals surface area contributed by atoms with Crippen LogP contribution < -0.4 is 20.9 Å². The maximum atomic E-state index is 13.7. The van der Waals surface area contributed by atoms with Gasteiger partial charge in [0.1, 0.15) is 5.82 Å². The Balaban J connectivity index is 1.51. The molecule has 2 aliphatic rings. The number of nitrogens with one attached hydrogen (secondary N) is 1. The first kappa shape index (κ1) is 25.3. The lowest BCUT2D eigenvalue weighted by Crippen LogP contribution is -2.47. The molecule has 11 heteroatoms. The van der Waals surface area contributed by atoms with Gasteiger partial charge in [-0.2, -0.15) is 18.2 Å². The van der Waals surface area contributed by atoms with Gasteiger partial charge in [-0.05, 0) is 63.5 Å². The highest BCUT2D eigenvalue weighted by molar-refractivity contribution is 6.34.